The van der Waals surface area contributed by atoms with Crippen molar-refractivity contribution in [1.29, 1.82) is 0 Å². The Morgan fingerprint density at radius 2 is 2.00 bits per heavy atom. The van der Waals surface area contributed by atoms with Crippen LogP contribution >= 0.6 is 0 Å². The standard InChI is InChI=1S/C12H25NO2S/c1-4-12(2,10-13-11-6-7-11)8-5-9-16(3,14)15/h11,13H,4-10H2,1-3H3. The Morgan fingerprint density at radius 1 is 1.38 bits per heavy atom. The summed E-state index contributed by atoms with van der Waals surface area (Å²) < 4.78 is 22.1. The molecule has 0 aromatic rings. The highest BCUT2D eigenvalue weighted by Gasteiger charge is 2.27. The van der Waals surface area contributed by atoms with Crippen molar-refractivity contribution in [3.63, 3.8) is 0 Å². The number of hydrogen-bond donors (Lipinski definition) is 1. The van der Waals surface area contributed by atoms with Crippen LogP contribution in [0.1, 0.15) is 46.0 Å². The Hall–Kier alpha value is -0.0900. The molecule has 1 atom stereocenters. The van der Waals surface area contributed by atoms with E-state index in [1.54, 1.807) is 0 Å². The van der Waals surface area contributed by atoms with Crippen LogP contribution in [0.2, 0.25) is 0 Å². The molecule has 1 rings (SSSR count). The largest absolute Gasteiger partial charge is 0.313 e. The Labute approximate surface area is 99.9 Å². The monoisotopic (exact) mass is 247 g/mol. The molecule has 0 radical (unpaired) electrons. The van der Waals surface area contributed by atoms with Gasteiger partial charge in [-0.1, -0.05) is 13.8 Å². The van der Waals surface area contributed by atoms with Gasteiger partial charge in [0.15, 0.2) is 0 Å². The lowest BCUT2D eigenvalue weighted by Gasteiger charge is -2.28. The van der Waals surface area contributed by atoms with Crippen LogP contribution in [0, 0.1) is 5.41 Å². The highest BCUT2D eigenvalue weighted by Crippen LogP contribution is 2.28. The molecule has 1 unspecified atom stereocenters. The van der Waals surface area contributed by atoms with E-state index in [0.717, 1.165) is 31.8 Å². The number of hydrogen-bond acceptors (Lipinski definition) is 3. The zero-order valence-electron chi connectivity index (χ0n) is 10.8. The minimum Gasteiger partial charge on any atom is -0.313 e. The van der Waals surface area contributed by atoms with E-state index in [4.69, 9.17) is 0 Å². The summed E-state index contributed by atoms with van der Waals surface area (Å²) in [7, 11) is -2.79. The molecule has 1 saturated carbocycles. The summed E-state index contributed by atoms with van der Waals surface area (Å²) in [5.41, 5.74) is 0.257. The summed E-state index contributed by atoms with van der Waals surface area (Å²) in [6.07, 6.45) is 6.83. The molecule has 0 saturated heterocycles. The Morgan fingerprint density at radius 3 is 2.44 bits per heavy atom. The topological polar surface area (TPSA) is 46.2 Å². The zero-order chi connectivity index (χ0) is 12.2. The van der Waals surface area contributed by atoms with Gasteiger partial charge in [-0.15, -0.1) is 0 Å². The third kappa shape index (κ3) is 5.85. The summed E-state index contributed by atoms with van der Waals surface area (Å²) in [5, 5.41) is 3.55. The minimum absolute atomic E-state index is 0.257. The highest BCUT2D eigenvalue weighted by molar-refractivity contribution is 7.90. The van der Waals surface area contributed by atoms with Crippen molar-refractivity contribution >= 4 is 9.84 Å². The van der Waals surface area contributed by atoms with Crippen LogP contribution < -0.4 is 5.32 Å². The third-order valence-corrected chi connectivity index (χ3v) is 4.57. The van der Waals surface area contributed by atoms with Crippen LogP contribution in [-0.2, 0) is 9.84 Å². The quantitative estimate of drug-likeness (QED) is 0.713. The molecule has 0 heterocycles. The number of sulfone groups is 1. The van der Waals surface area contributed by atoms with Gasteiger partial charge in [-0.25, -0.2) is 8.42 Å². The van der Waals surface area contributed by atoms with Gasteiger partial charge in [-0.2, -0.15) is 0 Å². The van der Waals surface area contributed by atoms with Crippen LogP contribution in [-0.4, -0.2) is 33.0 Å². The van der Waals surface area contributed by atoms with E-state index in [0.29, 0.717) is 5.75 Å². The van der Waals surface area contributed by atoms with E-state index < -0.39 is 9.84 Å². The molecule has 0 spiro atoms. The molecular formula is C12H25NO2S. The van der Waals surface area contributed by atoms with Crippen molar-refractivity contribution < 1.29 is 8.42 Å². The normalized spacial score (nSPS) is 20.7. The molecular weight excluding hydrogens is 222 g/mol. The molecule has 0 aromatic carbocycles. The van der Waals surface area contributed by atoms with Crippen molar-refractivity contribution in [3.8, 4) is 0 Å². The molecule has 0 amide bonds. The van der Waals surface area contributed by atoms with Crippen LogP contribution in [0.25, 0.3) is 0 Å². The van der Waals surface area contributed by atoms with Gasteiger partial charge >= 0.3 is 0 Å². The molecule has 3 nitrogen and oxygen atoms in total. The van der Waals surface area contributed by atoms with Gasteiger partial charge < -0.3 is 5.32 Å². The summed E-state index contributed by atoms with van der Waals surface area (Å²) >= 11 is 0. The van der Waals surface area contributed by atoms with E-state index in [9.17, 15) is 8.42 Å². The highest BCUT2D eigenvalue weighted by atomic mass is 32.2. The second kappa shape index (κ2) is 5.50. The van der Waals surface area contributed by atoms with Crippen molar-refractivity contribution in [3.05, 3.63) is 0 Å². The van der Waals surface area contributed by atoms with Gasteiger partial charge in [0.05, 0.1) is 0 Å². The molecule has 1 fully saturated rings. The first kappa shape index (κ1) is 14.0. The lowest BCUT2D eigenvalue weighted by molar-refractivity contribution is 0.266. The van der Waals surface area contributed by atoms with Crippen LogP contribution in [0.5, 0.6) is 0 Å². The maximum absolute atomic E-state index is 11.1. The summed E-state index contributed by atoms with van der Waals surface area (Å²) in [6, 6.07) is 0.737. The number of nitrogens with one attached hydrogen (secondary N) is 1. The fourth-order valence-corrected chi connectivity index (χ4v) is 2.50. The van der Waals surface area contributed by atoms with Gasteiger partial charge in [0.2, 0.25) is 0 Å². The lowest BCUT2D eigenvalue weighted by atomic mass is 9.83. The van der Waals surface area contributed by atoms with Crippen LogP contribution in [0.4, 0.5) is 0 Å². The summed E-state index contributed by atoms with van der Waals surface area (Å²) in [5.74, 6) is 0.325. The second-order valence-corrected chi connectivity index (χ2v) is 7.81. The predicted octanol–water partition coefficient (Wildman–Crippen LogP) is 1.98. The predicted molar refractivity (Wildman–Crippen MR) is 68.4 cm³/mol. The molecule has 96 valence electrons. The molecule has 1 aliphatic rings. The molecule has 0 bridgehead atoms. The zero-order valence-corrected chi connectivity index (χ0v) is 11.6. The molecule has 0 aliphatic heterocycles. The first-order valence-corrected chi connectivity index (χ1v) is 8.32. The fraction of sp³-hybridized carbons (Fsp3) is 1.00. The van der Waals surface area contributed by atoms with Crippen molar-refractivity contribution in [1.82, 2.24) is 5.32 Å². The van der Waals surface area contributed by atoms with E-state index in [-0.39, 0.29) is 5.41 Å². The minimum atomic E-state index is -2.79. The Kier molecular flexibility index (Phi) is 4.80. The average molecular weight is 247 g/mol. The van der Waals surface area contributed by atoms with E-state index in [1.807, 2.05) is 0 Å². The SMILES string of the molecule is CCC(C)(CCCS(C)(=O)=O)CNC1CC1. The lowest BCUT2D eigenvalue weighted by Crippen LogP contribution is -2.33. The molecule has 16 heavy (non-hydrogen) atoms. The van der Waals surface area contributed by atoms with Gasteiger partial charge in [-0.05, 0) is 37.5 Å². The Balaban J connectivity index is 2.27. The summed E-state index contributed by atoms with van der Waals surface area (Å²) in [4.78, 5) is 0. The van der Waals surface area contributed by atoms with Crippen LogP contribution in [0.3, 0.4) is 0 Å². The maximum atomic E-state index is 11.1. The Bertz CT molecular complexity index is 309. The van der Waals surface area contributed by atoms with Crippen molar-refractivity contribution in [2.45, 2.75) is 52.0 Å². The summed E-state index contributed by atoms with van der Waals surface area (Å²) in [6.45, 7) is 5.47. The van der Waals surface area contributed by atoms with Crippen LogP contribution in [0.15, 0.2) is 0 Å². The maximum Gasteiger partial charge on any atom is 0.147 e. The molecule has 0 aromatic heterocycles. The smallest absolute Gasteiger partial charge is 0.147 e. The van der Waals surface area contributed by atoms with Crippen molar-refractivity contribution in [2.75, 3.05) is 18.6 Å². The fourth-order valence-electron chi connectivity index (χ4n) is 1.83. The first-order chi connectivity index (χ1) is 7.35. The first-order valence-electron chi connectivity index (χ1n) is 6.26. The third-order valence-electron chi connectivity index (χ3n) is 3.54. The van der Waals surface area contributed by atoms with Gasteiger partial charge in [0, 0.05) is 24.6 Å². The van der Waals surface area contributed by atoms with Gasteiger partial charge in [0.1, 0.15) is 9.84 Å². The van der Waals surface area contributed by atoms with Crippen molar-refractivity contribution in [2.24, 2.45) is 5.41 Å². The van der Waals surface area contributed by atoms with E-state index in [2.05, 4.69) is 19.2 Å². The van der Waals surface area contributed by atoms with E-state index in [1.165, 1.54) is 19.1 Å². The van der Waals surface area contributed by atoms with E-state index >= 15 is 0 Å². The molecule has 1 aliphatic carbocycles. The van der Waals surface area contributed by atoms with Gasteiger partial charge in [-0.3, -0.25) is 0 Å². The second-order valence-electron chi connectivity index (χ2n) is 5.55. The average Bonchev–Trinajstić information content (AvgIpc) is 2.96. The van der Waals surface area contributed by atoms with Gasteiger partial charge in [0.25, 0.3) is 0 Å². The number of rotatable bonds is 8. The molecule has 4 heteroatoms. The molecule has 1 N–H and O–H groups in total.